The molecule has 0 bridgehead atoms. The predicted molar refractivity (Wildman–Crippen MR) is 131 cm³/mol. The molecular formula is C20H28ClIN4O2S. The van der Waals surface area contributed by atoms with Crippen molar-refractivity contribution in [1.29, 1.82) is 0 Å². The summed E-state index contributed by atoms with van der Waals surface area (Å²) in [6.45, 7) is 5.43. The summed E-state index contributed by atoms with van der Waals surface area (Å²) in [4.78, 5) is 8.15. The van der Waals surface area contributed by atoms with Gasteiger partial charge in [0.2, 0.25) is 0 Å². The number of morpholine rings is 1. The van der Waals surface area contributed by atoms with E-state index in [1.165, 1.54) is 4.88 Å². The second kappa shape index (κ2) is 13.3. The van der Waals surface area contributed by atoms with Gasteiger partial charge in [-0.25, -0.2) is 0 Å². The van der Waals surface area contributed by atoms with E-state index in [2.05, 4.69) is 38.0 Å². The summed E-state index contributed by atoms with van der Waals surface area (Å²) in [5.41, 5.74) is 0. The number of hydrogen-bond donors (Lipinski definition) is 2. The first-order valence-corrected chi connectivity index (χ1v) is 10.7. The van der Waals surface area contributed by atoms with E-state index in [4.69, 9.17) is 21.1 Å². The fourth-order valence-electron chi connectivity index (χ4n) is 3.09. The molecule has 3 rings (SSSR count). The Balaban J connectivity index is 0.00000300. The van der Waals surface area contributed by atoms with Crippen LogP contribution in [0.5, 0.6) is 5.75 Å². The highest BCUT2D eigenvalue weighted by Gasteiger charge is 2.23. The van der Waals surface area contributed by atoms with E-state index in [1.54, 1.807) is 18.4 Å². The van der Waals surface area contributed by atoms with Gasteiger partial charge in [0.25, 0.3) is 0 Å². The van der Waals surface area contributed by atoms with Gasteiger partial charge in [-0.2, -0.15) is 0 Å². The average Bonchev–Trinajstić information content (AvgIpc) is 3.25. The standard InChI is InChI=1S/C20H27ClN4O2S.HI/c1-22-20(23-7-10-27-17-5-2-4-16(21)14-17)24-15-18(19-6-3-13-28-19)25-8-11-26-12-9-25;/h2-6,13-14,18H,7-12,15H2,1H3,(H2,22,23,24);1H. The SMILES string of the molecule is CN=C(NCCOc1cccc(Cl)c1)NCC(c1cccs1)N1CCOCC1.I. The fourth-order valence-corrected chi connectivity index (χ4v) is 4.13. The van der Waals surface area contributed by atoms with Gasteiger partial charge >= 0.3 is 0 Å². The van der Waals surface area contributed by atoms with Gasteiger partial charge in [0.15, 0.2) is 5.96 Å². The van der Waals surface area contributed by atoms with Crippen LogP contribution in [-0.2, 0) is 4.74 Å². The Bertz CT molecular complexity index is 742. The van der Waals surface area contributed by atoms with Crippen LogP contribution in [0.2, 0.25) is 5.02 Å². The highest BCUT2D eigenvalue weighted by molar-refractivity contribution is 14.0. The molecule has 9 heteroatoms. The molecule has 1 atom stereocenters. The molecule has 1 aromatic carbocycles. The molecule has 160 valence electrons. The summed E-state index contributed by atoms with van der Waals surface area (Å²) < 4.78 is 11.2. The van der Waals surface area contributed by atoms with Gasteiger partial charge in [0.1, 0.15) is 12.4 Å². The van der Waals surface area contributed by atoms with Gasteiger partial charge in [-0.15, -0.1) is 35.3 Å². The van der Waals surface area contributed by atoms with E-state index in [0.29, 0.717) is 24.2 Å². The first-order chi connectivity index (χ1) is 13.8. The van der Waals surface area contributed by atoms with Gasteiger partial charge in [-0.3, -0.25) is 9.89 Å². The molecule has 29 heavy (non-hydrogen) atoms. The first-order valence-electron chi connectivity index (χ1n) is 9.44. The molecule has 1 aromatic heterocycles. The first kappa shape index (κ1) is 24.2. The summed E-state index contributed by atoms with van der Waals surface area (Å²) in [6.07, 6.45) is 0. The van der Waals surface area contributed by atoms with Gasteiger partial charge in [0.05, 0.1) is 25.8 Å². The lowest BCUT2D eigenvalue weighted by Crippen LogP contribution is -2.46. The summed E-state index contributed by atoms with van der Waals surface area (Å²) in [7, 11) is 1.78. The van der Waals surface area contributed by atoms with Crippen molar-refractivity contribution in [3.8, 4) is 5.75 Å². The van der Waals surface area contributed by atoms with Crippen molar-refractivity contribution in [3.63, 3.8) is 0 Å². The Morgan fingerprint density at radius 3 is 2.79 bits per heavy atom. The van der Waals surface area contributed by atoms with Gasteiger partial charge in [-0.05, 0) is 29.6 Å². The van der Waals surface area contributed by atoms with Gasteiger partial charge in [0, 0.05) is 36.6 Å². The minimum atomic E-state index is 0. The molecule has 1 aliphatic heterocycles. The van der Waals surface area contributed by atoms with Crippen LogP contribution in [0.1, 0.15) is 10.9 Å². The fraction of sp³-hybridized carbons (Fsp3) is 0.450. The van der Waals surface area contributed by atoms with Crippen molar-refractivity contribution < 1.29 is 9.47 Å². The normalized spacial score (nSPS) is 16.0. The van der Waals surface area contributed by atoms with Crippen molar-refractivity contribution in [2.45, 2.75) is 6.04 Å². The Labute approximate surface area is 198 Å². The maximum Gasteiger partial charge on any atom is 0.191 e. The number of hydrogen-bond acceptors (Lipinski definition) is 5. The molecule has 0 saturated carbocycles. The van der Waals surface area contributed by atoms with Gasteiger partial charge in [-0.1, -0.05) is 23.7 Å². The number of thiophene rings is 1. The Kier molecular flexibility index (Phi) is 11.1. The number of nitrogens with zero attached hydrogens (tertiary/aromatic N) is 2. The number of aliphatic imine (C=N–C) groups is 1. The van der Waals surface area contributed by atoms with E-state index in [0.717, 1.165) is 44.6 Å². The molecule has 0 aliphatic carbocycles. The lowest BCUT2D eigenvalue weighted by molar-refractivity contribution is 0.0177. The van der Waals surface area contributed by atoms with Crippen LogP contribution in [-0.4, -0.2) is 63.9 Å². The van der Waals surface area contributed by atoms with Crippen LogP contribution in [0.3, 0.4) is 0 Å². The topological polar surface area (TPSA) is 58.1 Å². The molecule has 1 fully saturated rings. The van der Waals surface area contributed by atoms with Crippen molar-refractivity contribution in [2.75, 3.05) is 53.0 Å². The van der Waals surface area contributed by atoms with E-state index in [1.807, 2.05) is 24.3 Å². The molecule has 2 N–H and O–H groups in total. The third-order valence-electron chi connectivity index (χ3n) is 4.50. The summed E-state index contributed by atoms with van der Waals surface area (Å²) in [5, 5.41) is 9.55. The van der Waals surface area contributed by atoms with Crippen LogP contribution >= 0.6 is 46.9 Å². The largest absolute Gasteiger partial charge is 0.492 e. The maximum atomic E-state index is 5.97. The number of nitrogens with one attached hydrogen (secondary N) is 2. The Morgan fingerprint density at radius 2 is 2.10 bits per heavy atom. The van der Waals surface area contributed by atoms with E-state index in [9.17, 15) is 0 Å². The molecule has 2 heterocycles. The lowest BCUT2D eigenvalue weighted by Gasteiger charge is -2.34. The average molecular weight is 551 g/mol. The second-order valence-corrected chi connectivity index (χ2v) is 7.78. The zero-order chi connectivity index (χ0) is 19.6. The Hall–Kier alpha value is -1.07. The molecule has 1 unspecified atom stereocenters. The molecular weight excluding hydrogens is 523 g/mol. The highest BCUT2D eigenvalue weighted by Crippen LogP contribution is 2.25. The molecule has 2 aromatic rings. The number of rotatable bonds is 8. The smallest absolute Gasteiger partial charge is 0.191 e. The predicted octanol–water partition coefficient (Wildman–Crippen LogP) is 3.64. The van der Waals surface area contributed by atoms with Crippen molar-refractivity contribution in [1.82, 2.24) is 15.5 Å². The number of halogens is 2. The van der Waals surface area contributed by atoms with Crippen LogP contribution in [0.4, 0.5) is 0 Å². The van der Waals surface area contributed by atoms with E-state index >= 15 is 0 Å². The number of ether oxygens (including phenoxy) is 2. The van der Waals surface area contributed by atoms with E-state index in [-0.39, 0.29) is 24.0 Å². The minimum Gasteiger partial charge on any atom is -0.492 e. The summed E-state index contributed by atoms with van der Waals surface area (Å²) >= 11 is 7.76. The third-order valence-corrected chi connectivity index (χ3v) is 5.71. The molecule has 6 nitrogen and oxygen atoms in total. The number of guanidine groups is 1. The summed E-state index contributed by atoms with van der Waals surface area (Å²) in [5.74, 6) is 1.53. The summed E-state index contributed by atoms with van der Waals surface area (Å²) in [6, 6.07) is 12.0. The molecule has 1 saturated heterocycles. The zero-order valence-corrected chi connectivity index (χ0v) is 20.4. The molecule has 0 radical (unpaired) electrons. The monoisotopic (exact) mass is 550 g/mol. The second-order valence-electron chi connectivity index (χ2n) is 6.37. The lowest BCUT2D eigenvalue weighted by atomic mass is 10.2. The van der Waals surface area contributed by atoms with Crippen molar-refractivity contribution >= 4 is 52.9 Å². The maximum absolute atomic E-state index is 5.97. The van der Waals surface area contributed by atoms with Crippen LogP contribution in [0.15, 0.2) is 46.8 Å². The molecule has 0 amide bonds. The minimum absolute atomic E-state index is 0. The van der Waals surface area contributed by atoms with Crippen LogP contribution in [0, 0.1) is 0 Å². The van der Waals surface area contributed by atoms with Crippen LogP contribution < -0.4 is 15.4 Å². The van der Waals surface area contributed by atoms with Gasteiger partial charge < -0.3 is 20.1 Å². The quantitative estimate of drug-likeness (QED) is 0.228. The highest BCUT2D eigenvalue weighted by atomic mass is 127. The molecule has 0 spiro atoms. The number of benzene rings is 1. The van der Waals surface area contributed by atoms with Crippen molar-refractivity contribution in [2.24, 2.45) is 4.99 Å². The Morgan fingerprint density at radius 1 is 1.28 bits per heavy atom. The molecule has 1 aliphatic rings. The van der Waals surface area contributed by atoms with Crippen LogP contribution in [0.25, 0.3) is 0 Å². The third kappa shape index (κ3) is 7.93. The van der Waals surface area contributed by atoms with Crippen molar-refractivity contribution in [3.05, 3.63) is 51.7 Å². The van der Waals surface area contributed by atoms with E-state index < -0.39 is 0 Å². The zero-order valence-electron chi connectivity index (χ0n) is 16.5.